The number of carboxylic acid groups (broad SMARTS) is 1. The molecule has 9 heteroatoms. The van der Waals surface area contributed by atoms with Crippen LogP contribution in [0.4, 0.5) is 5.00 Å². The van der Waals surface area contributed by atoms with Crippen LogP contribution in [-0.2, 0) is 14.3 Å². The van der Waals surface area contributed by atoms with Gasteiger partial charge in [-0.05, 0) is 32.3 Å². The Kier molecular flexibility index (Phi) is 6.36. The number of hydrogen-bond donors (Lipinski definition) is 2. The summed E-state index contributed by atoms with van der Waals surface area (Å²) in [6.07, 6.45) is 2.26. The molecule has 0 saturated heterocycles. The Bertz CT molecular complexity index is 742. The average molecular weight is 381 g/mol. The van der Waals surface area contributed by atoms with E-state index >= 15 is 0 Å². The third kappa shape index (κ3) is 4.04. The van der Waals surface area contributed by atoms with Crippen molar-refractivity contribution in [1.29, 1.82) is 0 Å². The predicted molar refractivity (Wildman–Crippen MR) is 92.6 cm³/mol. The molecule has 0 unspecified atom stereocenters. The van der Waals surface area contributed by atoms with E-state index in [1.807, 2.05) is 0 Å². The highest BCUT2D eigenvalue weighted by Crippen LogP contribution is 2.36. The van der Waals surface area contributed by atoms with E-state index in [2.05, 4.69) is 5.32 Å². The molecule has 0 aromatic carbocycles. The predicted octanol–water partition coefficient (Wildman–Crippen LogP) is 0.827. The third-order valence-electron chi connectivity index (χ3n) is 4.50. The van der Waals surface area contributed by atoms with Crippen LogP contribution in [0.1, 0.15) is 58.2 Å². The van der Waals surface area contributed by atoms with Crippen LogP contribution >= 0.6 is 11.3 Å². The molecule has 2 rings (SSSR count). The van der Waals surface area contributed by atoms with Crippen molar-refractivity contribution in [2.24, 2.45) is 17.6 Å². The number of esters is 1. The first-order valence-electron chi connectivity index (χ1n) is 8.39. The summed E-state index contributed by atoms with van der Waals surface area (Å²) in [4.78, 5) is 47.9. The highest BCUT2D eigenvalue weighted by atomic mass is 32.1. The Balaban J connectivity index is 2.31. The number of ether oxygens (including phenoxy) is 1. The Morgan fingerprint density at radius 3 is 2.38 bits per heavy atom. The molecule has 0 radical (unpaired) electrons. The molecule has 2 atom stereocenters. The molecular formula is C17H21N2O6S-. The Morgan fingerprint density at radius 1 is 1.23 bits per heavy atom. The van der Waals surface area contributed by atoms with Crippen LogP contribution in [-0.4, -0.2) is 30.4 Å². The van der Waals surface area contributed by atoms with Crippen LogP contribution in [0.3, 0.4) is 0 Å². The van der Waals surface area contributed by atoms with Gasteiger partial charge < -0.3 is 25.7 Å². The maximum absolute atomic E-state index is 12.6. The number of amides is 2. The van der Waals surface area contributed by atoms with Crippen molar-refractivity contribution in [2.45, 2.75) is 39.5 Å². The maximum Gasteiger partial charge on any atom is 0.348 e. The van der Waals surface area contributed by atoms with Gasteiger partial charge in [0.2, 0.25) is 5.91 Å². The lowest BCUT2D eigenvalue weighted by atomic mass is 9.79. The van der Waals surface area contributed by atoms with Gasteiger partial charge in [0.05, 0.1) is 12.2 Å². The highest BCUT2D eigenvalue weighted by Gasteiger charge is 2.33. The van der Waals surface area contributed by atoms with Crippen LogP contribution in [0.25, 0.3) is 0 Å². The molecule has 3 N–H and O–H groups in total. The van der Waals surface area contributed by atoms with Gasteiger partial charge in [0, 0.05) is 17.8 Å². The van der Waals surface area contributed by atoms with Gasteiger partial charge >= 0.3 is 5.97 Å². The summed E-state index contributed by atoms with van der Waals surface area (Å²) in [5.41, 5.74) is 5.76. The SMILES string of the molecule is CCOC(=O)c1sc(NC(=O)[C@H]2CCCC[C@@H]2C(=O)[O-])c(C(N)=O)c1C. The first kappa shape index (κ1) is 19.9. The van der Waals surface area contributed by atoms with E-state index in [9.17, 15) is 24.3 Å². The number of carbonyl (C=O) groups is 4. The molecule has 1 fully saturated rings. The van der Waals surface area contributed by atoms with Gasteiger partial charge in [0.25, 0.3) is 5.91 Å². The molecule has 0 aliphatic heterocycles. The summed E-state index contributed by atoms with van der Waals surface area (Å²) in [5.74, 6) is -4.78. The van der Waals surface area contributed by atoms with E-state index in [1.165, 1.54) is 0 Å². The first-order valence-corrected chi connectivity index (χ1v) is 9.21. The van der Waals surface area contributed by atoms with E-state index in [4.69, 9.17) is 10.5 Å². The Labute approximate surface area is 154 Å². The second-order valence-corrected chi connectivity index (χ2v) is 7.17. The number of nitrogens with one attached hydrogen (secondary N) is 1. The van der Waals surface area contributed by atoms with Crippen molar-refractivity contribution in [3.05, 3.63) is 16.0 Å². The number of carbonyl (C=O) groups excluding carboxylic acids is 4. The summed E-state index contributed by atoms with van der Waals surface area (Å²) >= 11 is 0.894. The monoisotopic (exact) mass is 381 g/mol. The van der Waals surface area contributed by atoms with Crippen molar-refractivity contribution < 1.29 is 29.0 Å². The molecule has 1 aliphatic carbocycles. The van der Waals surface area contributed by atoms with Gasteiger partial charge in [-0.15, -0.1) is 11.3 Å². The highest BCUT2D eigenvalue weighted by molar-refractivity contribution is 7.18. The molecule has 1 aromatic heterocycles. The summed E-state index contributed by atoms with van der Waals surface area (Å²) in [6.45, 7) is 3.36. The molecule has 1 aliphatic rings. The number of primary amides is 1. The van der Waals surface area contributed by atoms with Crippen molar-refractivity contribution in [3.8, 4) is 0 Å². The standard InChI is InChI=1S/C17H22N2O6S/c1-3-25-17(24)12-8(2)11(13(18)20)15(26-12)19-14(21)9-6-4-5-7-10(9)16(22)23/h9-10H,3-7H2,1-2H3,(H2,18,20)(H,19,21)(H,22,23)/p-1/t9-,10-/m0/s1. The van der Waals surface area contributed by atoms with Gasteiger partial charge in [-0.1, -0.05) is 12.8 Å². The zero-order chi connectivity index (χ0) is 19.4. The molecule has 0 spiro atoms. The fourth-order valence-corrected chi connectivity index (χ4v) is 4.33. The van der Waals surface area contributed by atoms with E-state index in [-0.39, 0.29) is 22.0 Å². The minimum atomic E-state index is -1.26. The fourth-order valence-electron chi connectivity index (χ4n) is 3.22. The summed E-state index contributed by atoms with van der Waals surface area (Å²) in [6, 6.07) is 0. The molecule has 8 nitrogen and oxygen atoms in total. The van der Waals surface area contributed by atoms with E-state index in [1.54, 1.807) is 13.8 Å². The van der Waals surface area contributed by atoms with Crippen molar-refractivity contribution in [2.75, 3.05) is 11.9 Å². The van der Waals surface area contributed by atoms with E-state index < -0.39 is 35.6 Å². The fraction of sp³-hybridized carbons (Fsp3) is 0.529. The van der Waals surface area contributed by atoms with Crippen molar-refractivity contribution in [1.82, 2.24) is 0 Å². The molecule has 0 bridgehead atoms. The van der Waals surface area contributed by atoms with Gasteiger partial charge in [-0.2, -0.15) is 0 Å². The number of carboxylic acids is 1. The lowest BCUT2D eigenvalue weighted by Gasteiger charge is -2.31. The van der Waals surface area contributed by atoms with Gasteiger partial charge in [0.1, 0.15) is 9.88 Å². The first-order chi connectivity index (χ1) is 12.3. The Morgan fingerprint density at radius 2 is 1.85 bits per heavy atom. The van der Waals surface area contributed by atoms with Crippen molar-refractivity contribution >= 4 is 40.1 Å². The molecular weight excluding hydrogens is 360 g/mol. The normalized spacial score (nSPS) is 19.6. The number of thiophene rings is 1. The minimum absolute atomic E-state index is 0.0345. The topological polar surface area (TPSA) is 139 Å². The van der Waals surface area contributed by atoms with Gasteiger partial charge in [-0.25, -0.2) is 4.79 Å². The minimum Gasteiger partial charge on any atom is -0.550 e. The van der Waals surface area contributed by atoms with Crippen LogP contribution in [0.15, 0.2) is 0 Å². The van der Waals surface area contributed by atoms with Crippen LogP contribution in [0.5, 0.6) is 0 Å². The molecule has 1 aromatic rings. The van der Waals surface area contributed by atoms with Crippen LogP contribution < -0.4 is 16.2 Å². The number of aliphatic carboxylic acids is 1. The molecule has 2 amide bonds. The molecule has 1 heterocycles. The number of rotatable bonds is 6. The number of anilines is 1. The summed E-state index contributed by atoms with van der Waals surface area (Å²) in [7, 11) is 0. The summed E-state index contributed by atoms with van der Waals surface area (Å²) < 4.78 is 4.95. The second-order valence-electron chi connectivity index (χ2n) is 6.15. The maximum atomic E-state index is 12.6. The number of nitrogens with two attached hydrogens (primary N) is 1. The zero-order valence-electron chi connectivity index (χ0n) is 14.6. The lowest BCUT2D eigenvalue weighted by molar-refractivity contribution is -0.313. The molecule has 26 heavy (non-hydrogen) atoms. The smallest absolute Gasteiger partial charge is 0.348 e. The molecule has 142 valence electrons. The van der Waals surface area contributed by atoms with Gasteiger partial charge in [0.15, 0.2) is 0 Å². The summed E-state index contributed by atoms with van der Waals surface area (Å²) in [5, 5.41) is 14.0. The number of hydrogen-bond acceptors (Lipinski definition) is 7. The largest absolute Gasteiger partial charge is 0.550 e. The van der Waals surface area contributed by atoms with E-state index in [0.717, 1.165) is 24.2 Å². The van der Waals surface area contributed by atoms with E-state index in [0.29, 0.717) is 18.4 Å². The van der Waals surface area contributed by atoms with Gasteiger partial charge in [-0.3, -0.25) is 9.59 Å². The van der Waals surface area contributed by atoms with Crippen molar-refractivity contribution in [3.63, 3.8) is 0 Å². The molecule has 1 saturated carbocycles. The zero-order valence-corrected chi connectivity index (χ0v) is 15.4. The lowest BCUT2D eigenvalue weighted by Crippen LogP contribution is -2.42. The second kappa shape index (κ2) is 8.31. The third-order valence-corrected chi connectivity index (χ3v) is 5.68. The quantitative estimate of drug-likeness (QED) is 0.700. The Hall–Kier alpha value is -2.42. The average Bonchev–Trinajstić information content (AvgIpc) is 2.91. The van der Waals surface area contributed by atoms with Crippen LogP contribution in [0, 0.1) is 18.8 Å². The van der Waals surface area contributed by atoms with Crippen LogP contribution in [0.2, 0.25) is 0 Å².